The molecule has 0 saturated heterocycles. The van der Waals surface area contributed by atoms with E-state index in [2.05, 4.69) is 25.2 Å². The Balaban J connectivity index is 2.65. The first kappa shape index (κ1) is 9.33. The minimum absolute atomic E-state index is 0.147. The van der Waals surface area contributed by atoms with Gasteiger partial charge in [-0.05, 0) is 18.2 Å². The van der Waals surface area contributed by atoms with Crippen LogP contribution in [0.25, 0.3) is 0 Å². The van der Waals surface area contributed by atoms with Gasteiger partial charge in [-0.2, -0.15) is 0 Å². The highest BCUT2D eigenvalue weighted by molar-refractivity contribution is 6.55. The van der Waals surface area contributed by atoms with E-state index in [1.54, 1.807) is 7.11 Å². The van der Waals surface area contributed by atoms with Crippen LogP contribution in [0.5, 0.6) is 5.75 Å². The van der Waals surface area contributed by atoms with Gasteiger partial charge in [0.15, 0.2) is 0 Å². The van der Waals surface area contributed by atoms with Gasteiger partial charge in [-0.1, -0.05) is 30.8 Å². The fraction of sp³-hybridized carbons (Fsp3) is 0.400. The van der Waals surface area contributed by atoms with Crippen LogP contribution in [0.3, 0.4) is 0 Å². The minimum atomic E-state index is -0.147. The lowest BCUT2D eigenvalue weighted by atomic mass is 10.2. The molecule has 0 atom stereocenters. The standard InChI is InChI=1S/C10H15OSi/c1-11-10-6-4-9(5-7-10)8-12(2)3/h4-7H,8H2,1-3H3. The van der Waals surface area contributed by atoms with Crippen LogP contribution in [-0.4, -0.2) is 15.9 Å². The lowest BCUT2D eigenvalue weighted by Crippen LogP contribution is -2.04. The summed E-state index contributed by atoms with van der Waals surface area (Å²) < 4.78 is 5.08. The quantitative estimate of drug-likeness (QED) is 0.648. The number of methoxy groups -OCH3 is 1. The zero-order chi connectivity index (χ0) is 8.97. The minimum Gasteiger partial charge on any atom is -0.497 e. The lowest BCUT2D eigenvalue weighted by Gasteiger charge is -2.04. The molecule has 0 saturated carbocycles. The van der Waals surface area contributed by atoms with Crippen molar-refractivity contribution in [3.05, 3.63) is 29.8 Å². The normalized spacial score (nSPS) is 10.3. The van der Waals surface area contributed by atoms with Crippen molar-refractivity contribution in [2.24, 2.45) is 0 Å². The molecule has 1 aromatic carbocycles. The molecule has 0 amide bonds. The number of rotatable bonds is 3. The summed E-state index contributed by atoms with van der Waals surface area (Å²) in [5.41, 5.74) is 1.43. The first-order chi connectivity index (χ1) is 5.72. The van der Waals surface area contributed by atoms with Crippen molar-refractivity contribution >= 4 is 8.80 Å². The van der Waals surface area contributed by atoms with Gasteiger partial charge in [-0.25, -0.2) is 0 Å². The van der Waals surface area contributed by atoms with E-state index < -0.39 is 0 Å². The van der Waals surface area contributed by atoms with Crippen LogP contribution in [0.15, 0.2) is 24.3 Å². The Labute approximate surface area is 76.0 Å². The second-order valence-electron chi connectivity index (χ2n) is 3.23. The maximum absolute atomic E-state index is 5.08. The largest absolute Gasteiger partial charge is 0.497 e. The van der Waals surface area contributed by atoms with E-state index in [4.69, 9.17) is 4.74 Å². The summed E-state index contributed by atoms with van der Waals surface area (Å²) >= 11 is 0. The monoisotopic (exact) mass is 179 g/mol. The molecule has 0 aliphatic carbocycles. The molecular weight excluding hydrogens is 164 g/mol. The first-order valence-corrected chi connectivity index (χ1v) is 6.85. The van der Waals surface area contributed by atoms with Gasteiger partial charge >= 0.3 is 0 Å². The summed E-state index contributed by atoms with van der Waals surface area (Å²) in [6.07, 6.45) is 0. The molecule has 65 valence electrons. The zero-order valence-corrected chi connectivity index (χ0v) is 8.92. The van der Waals surface area contributed by atoms with E-state index >= 15 is 0 Å². The molecule has 12 heavy (non-hydrogen) atoms. The molecule has 1 rings (SSSR count). The van der Waals surface area contributed by atoms with E-state index in [9.17, 15) is 0 Å². The Kier molecular flexibility index (Phi) is 3.35. The highest BCUT2D eigenvalue weighted by Crippen LogP contribution is 2.12. The van der Waals surface area contributed by atoms with Crippen LogP contribution in [0, 0.1) is 0 Å². The van der Waals surface area contributed by atoms with Gasteiger partial charge in [0.1, 0.15) is 5.75 Å². The van der Waals surface area contributed by atoms with Gasteiger partial charge in [0.05, 0.1) is 7.11 Å². The predicted molar refractivity (Wildman–Crippen MR) is 54.2 cm³/mol. The zero-order valence-electron chi connectivity index (χ0n) is 7.92. The van der Waals surface area contributed by atoms with E-state index in [0.717, 1.165) is 5.75 Å². The molecule has 0 spiro atoms. The lowest BCUT2D eigenvalue weighted by molar-refractivity contribution is 0.414. The van der Waals surface area contributed by atoms with Gasteiger partial charge in [-0.3, -0.25) is 0 Å². The molecule has 0 aliphatic heterocycles. The predicted octanol–water partition coefficient (Wildman–Crippen LogP) is 2.53. The molecule has 1 radical (unpaired) electrons. The molecule has 1 nitrogen and oxygen atoms in total. The fourth-order valence-electron chi connectivity index (χ4n) is 1.15. The van der Waals surface area contributed by atoms with Crippen molar-refractivity contribution in [1.82, 2.24) is 0 Å². The van der Waals surface area contributed by atoms with Crippen LogP contribution in [0.1, 0.15) is 5.56 Å². The Hall–Kier alpha value is -0.763. The Bertz CT molecular complexity index is 228. The SMILES string of the molecule is COc1ccc(C[Si](C)C)cc1. The average Bonchev–Trinajstić information content (AvgIpc) is 2.05. The molecule has 1 aromatic rings. The molecule has 0 N–H and O–H groups in total. The molecule has 0 unspecified atom stereocenters. The van der Waals surface area contributed by atoms with Crippen molar-refractivity contribution < 1.29 is 4.74 Å². The van der Waals surface area contributed by atoms with Gasteiger partial charge in [0, 0.05) is 8.80 Å². The fourth-order valence-corrected chi connectivity index (χ4v) is 2.20. The van der Waals surface area contributed by atoms with Crippen LogP contribution in [-0.2, 0) is 6.04 Å². The van der Waals surface area contributed by atoms with Gasteiger partial charge in [0.25, 0.3) is 0 Å². The van der Waals surface area contributed by atoms with Crippen LogP contribution >= 0.6 is 0 Å². The molecule has 0 heterocycles. The molecule has 0 fully saturated rings. The van der Waals surface area contributed by atoms with Crippen LogP contribution in [0.4, 0.5) is 0 Å². The first-order valence-electron chi connectivity index (χ1n) is 4.14. The molecule has 0 aliphatic rings. The summed E-state index contributed by atoms with van der Waals surface area (Å²) in [4.78, 5) is 0. The smallest absolute Gasteiger partial charge is 0.118 e. The molecular formula is C10H15OSi. The van der Waals surface area contributed by atoms with Crippen LogP contribution in [0.2, 0.25) is 13.1 Å². The summed E-state index contributed by atoms with van der Waals surface area (Å²) in [5, 5.41) is 0. The van der Waals surface area contributed by atoms with E-state index in [0.29, 0.717) is 0 Å². The number of hydrogen-bond acceptors (Lipinski definition) is 1. The van der Waals surface area contributed by atoms with E-state index in [-0.39, 0.29) is 8.80 Å². The van der Waals surface area contributed by atoms with Crippen molar-refractivity contribution in [2.75, 3.05) is 7.11 Å². The second kappa shape index (κ2) is 4.31. The molecule has 2 heteroatoms. The summed E-state index contributed by atoms with van der Waals surface area (Å²) in [5.74, 6) is 0.944. The van der Waals surface area contributed by atoms with E-state index in [1.807, 2.05) is 12.1 Å². The van der Waals surface area contributed by atoms with Crippen molar-refractivity contribution in [2.45, 2.75) is 19.1 Å². The van der Waals surface area contributed by atoms with Gasteiger partial charge < -0.3 is 4.74 Å². The summed E-state index contributed by atoms with van der Waals surface area (Å²) in [6.45, 7) is 4.66. The third-order valence-corrected chi connectivity index (χ3v) is 2.83. The maximum Gasteiger partial charge on any atom is 0.118 e. The van der Waals surface area contributed by atoms with Gasteiger partial charge in [-0.15, -0.1) is 0 Å². The highest BCUT2D eigenvalue weighted by atomic mass is 28.3. The Morgan fingerprint density at radius 2 is 1.75 bits per heavy atom. The van der Waals surface area contributed by atoms with Crippen molar-refractivity contribution in [3.63, 3.8) is 0 Å². The molecule has 0 bridgehead atoms. The van der Waals surface area contributed by atoms with Crippen molar-refractivity contribution in [3.8, 4) is 5.75 Å². The van der Waals surface area contributed by atoms with Crippen molar-refractivity contribution in [1.29, 1.82) is 0 Å². The number of ether oxygens (including phenoxy) is 1. The third kappa shape index (κ3) is 2.70. The second-order valence-corrected chi connectivity index (χ2v) is 6.00. The topological polar surface area (TPSA) is 9.23 Å². The highest BCUT2D eigenvalue weighted by Gasteiger charge is 1.98. The number of hydrogen-bond donors (Lipinski definition) is 0. The van der Waals surface area contributed by atoms with Crippen LogP contribution < -0.4 is 4.74 Å². The van der Waals surface area contributed by atoms with Gasteiger partial charge in [0.2, 0.25) is 0 Å². The maximum atomic E-state index is 5.08. The Morgan fingerprint density at radius 1 is 1.17 bits per heavy atom. The number of benzene rings is 1. The summed E-state index contributed by atoms with van der Waals surface area (Å²) in [7, 11) is 1.55. The average molecular weight is 179 g/mol. The van der Waals surface area contributed by atoms with E-state index in [1.165, 1.54) is 11.6 Å². The Morgan fingerprint density at radius 3 is 2.17 bits per heavy atom. The molecule has 0 aromatic heterocycles. The third-order valence-electron chi connectivity index (χ3n) is 1.72. The summed E-state index contributed by atoms with van der Waals surface area (Å²) in [6, 6.07) is 9.60.